The predicted octanol–water partition coefficient (Wildman–Crippen LogP) is 5.70. The summed E-state index contributed by atoms with van der Waals surface area (Å²) in [5.74, 6) is 0.584. The molecule has 1 unspecified atom stereocenters. The maximum Gasteiger partial charge on any atom is 0.220 e. The van der Waals surface area contributed by atoms with Gasteiger partial charge in [0, 0.05) is 13.0 Å². The minimum absolute atomic E-state index is 0.0338. The molecule has 5 heteroatoms. The standard InChI is InChI=1S/C25H50N2O3/c1-3-4-5-6-7-8-9-10-11-15-22(2)20-24(28)27-23(16-14-18-26)21-30-25-17-12-13-19-29-25/h22-23,25H,3-21,26H2,1-2H3,(H,27,28)/t22-,23-,25?/m1/s1. The normalized spacial score (nSPS) is 18.8. The number of ether oxygens (including phenoxy) is 2. The average Bonchev–Trinajstić information content (AvgIpc) is 2.75. The first-order valence-electron chi connectivity index (χ1n) is 12.9. The molecule has 1 heterocycles. The molecule has 1 amide bonds. The van der Waals surface area contributed by atoms with E-state index in [0.717, 1.165) is 45.1 Å². The summed E-state index contributed by atoms with van der Waals surface area (Å²) >= 11 is 0. The average molecular weight is 427 g/mol. The summed E-state index contributed by atoms with van der Waals surface area (Å²) in [6.45, 7) is 6.40. The van der Waals surface area contributed by atoms with Crippen LogP contribution in [0.1, 0.15) is 117 Å². The SMILES string of the molecule is CCCCCCCCCCC[C@@H](C)CC(=O)N[C@H](CCCN)COC1CCCCO1. The molecule has 0 radical (unpaired) electrons. The molecule has 1 aliphatic heterocycles. The first-order valence-corrected chi connectivity index (χ1v) is 12.9. The van der Waals surface area contributed by atoms with Crippen LogP contribution in [0.25, 0.3) is 0 Å². The van der Waals surface area contributed by atoms with Gasteiger partial charge in [0.15, 0.2) is 6.29 Å². The predicted molar refractivity (Wildman–Crippen MR) is 125 cm³/mol. The van der Waals surface area contributed by atoms with Crippen molar-refractivity contribution in [3.63, 3.8) is 0 Å². The van der Waals surface area contributed by atoms with Gasteiger partial charge in [-0.25, -0.2) is 0 Å². The van der Waals surface area contributed by atoms with Gasteiger partial charge in [-0.05, 0) is 44.6 Å². The maximum absolute atomic E-state index is 12.5. The Morgan fingerprint density at radius 1 is 1.03 bits per heavy atom. The second kappa shape index (κ2) is 19.1. The summed E-state index contributed by atoms with van der Waals surface area (Å²) in [7, 11) is 0. The van der Waals surface area contributed by atoms with Gasteiger partial charge in [0.25, 0.3) is 0 Å². The lowest BCUT2D eigenvalue weighted by molar-refractivity contribution is -0.167. The summed E-state index contributed by atoms with van der Waals surface area (Å²) < 4.78 is 11.5. The second-order valence-electron chi connectivity index (χ2n) is 9.25. The Morgan fingerprint density at radius 2 is 1.73 bits per heavy atom. The maximum atomic E-state index is 12.5. The van der Waals surface area contributed by atoms with Crippen LogP contribution in [-0.4, -0.2) is 38.0 Å². The molecule has 0 aromatic rings. The van der Waals surface area contributed by atoms with E-state index in [1.807, 2.05) is 0 Å². The molecule has 0 bridgehead atoms. The lowest BCUT2D eigenvalue weighted by Gasteiger charge is -2.26. The highest BCUT2D eigenvalue weighted by Crippen LogP contribution is 2.17. The van der Waals surface area contributed by atoms with E-state index in [1.165, 1.54) is 57.8 Å². The molecule has 0 aliphatic carbocycles. The van der Waals surface area contributed by atoms with Gasteiger partial charge in [-0.3, -0.25) is 4.79 Å². The van der Waals surface area contributed by atoms with E-state index >= 15 is 0 Å². The Bertz CT molecular complexity index is 400. The van der Waals surface area contributed by atoms with Crippen molar-refractivity contribution < 1.29 is 14.3 Å². The minimum Gasteiger partial charge on any atom is -0.353 e. The van der Waals surface area contributed by atoms with Crippen molar-refractivity contribution in [2.75, 3.05) is 19.8 Å². The third kappa shape index (κ3) is 15.2. The van der Waals surface area contributed by atoms with Crippen molar-refractivity contribution >= 4 is 5.91 Å². The fraction of sp³-hybridized carbons (Fsp3) is 0.960. The van der Waals surface area contributed by atoms with Crippen molar-refractivity contribution in [2.45, 2.75) is 129 Å². The monoisotopic (exact) mass is 426 g/mol. The molecule has 0 aromatic heterocycles. The Morgan fingerprint density at radius 3 is 2.37 bits per heavy atom. The molecule has 0 aromatic carbocycles. The molecule has 30 heavy (non-hydrogen) atoms. The lowest BCUT2D eigenvalue weighted by atomic mass is 9.98. The highest BCUT2D eigenvalue weighted by Gasteiger charge is 2.19. The van der Waals surface area contributed by atoms with Gasteiger partial charge in [0.05, 0.1) is 12.6 Å². The molecule has 3 N–H and O–H groups in total. The summed E-state index contributed by atoms with van der Waals surface area (Å²) in [6.07, 6.45) is 18.7. The van der Waals surface area contributed by atoms with Gasteiger partial charge in [0.2, 0.25) is 5.91 Å². The third-order valence-corrected chi connectivity index (χ3v) is 6.08. The van der Waals surface area contributed by atoms with E-state index in [-0.39, 0.29) is 18.2 Å². The second-order valence-corrected chi connectivity index (χ2v) is 9.25. The summed E-state index contributed by atoms with van der Waals surface area (Å²) in [4.78, 5) is 12.5. The topological polar surface area (TPSA) is 73.6 Å². The molecule has 0 saturated carbocycles. The third-order valence-electron chi connectivity index (χ3n) is 6.08. The number of nitrogens with one attached hydrogen (secondary N) is 1. The van der Waals surface area contributed by atoms with Crippen LogP contribution in [-0.2, 0) is 14.3 Å². The van der Waals surface area contributed by atoms with Gasteiger partial charge in [-0.15, -0.1) is 0 Å². The summed E-state index contributed by atoms with van der Waals surface area (Å²) in [5.41, 5.74) is 5.67. The van der Waals surface area contributed by atoms with Crippen LogP contribution in [0, 0.1) is 5.92 Å². The van der Waals surface area contributed by atoms with Crippen LogP contribution in [0.2, 0.25) is 0 Å². The molecular weight excluding hydrogens is 376 g/mol. The van der Waals surface area contributed by atoms with Crippen molar-refractivity contribution in [1.29, 1.82) is 0 Å². The number of unbranched alkanes of at least 4 members (excludes halogenated alkanes) is 8. The molecule has 178 valence electrons. The number of amides is 1. The number of hydrogen-bond acceptors (Lipinski definition) is 4. The zero-order chi connectivity index (χ0) is 21.9. The first kappa shape index (κ1) is 27.4. The van der Waals surface area contributed by atoms with E-state index in [9.17, 15) is 4.79 Å². The zero-order valence-corrected chi connectivity index (χ0v) is 20.0. The van der Waals surface area contributed by atoms with Gasteiger partial charge in [0.1, 0.15) is 0 Å². The fourth-order valence-electron chi connectivity index (χ4n) is 4.14. The van der Waals surface area contributed by atoms with Gasteiger partial charge < -0.3 is 20.5 Å². The van der Waals surface area contributed by atoms with Crippen LogP contribution in [0.5, 0.6) is 0 Å². The van der Waals surface area contributed by atoms with E-state index in [0.29, 0.717) is 25.5 Å². The highest BCUT2D eigenvalue weighted by atomic mass is 16.7. The number of hydrogen-bond donors (Lipinski definition) is 2. The summed E-state index contributed by atoms with van der Waals surface area (Å²) in [6, 6.07) is 0.0338. The smallest absolute Gasteiger partial charge is 0.220 e. The number of nitrogens with two attached hydrogens (primary N) is 1. The molecular formula is C25H50N2O3. The van der Waals surface area contributed by atoms with E-state index in [2.05, 4.69) is 19.2 Å². The Balaban J connectivity index is 2.13. The van der Waals surface area contributed by atoms with Crippen molar-refractivity contribution in [3.8, 4) is 0 Å². The Hall–Kier alpha value is -0.650. The zero-order valence-electron chi connectivity index (χ0n) is 20.0. The minimum atomic E-state index is -0.110. The molecule has 1 aliphatic rings. The highest BCUT2D eigenvalue weighted by molar-refractivity contribution is 5.76. The van der Waals surface area contributed by atoms with Crippen LogP contribution in [0.15, 0.2) is 0 Å². The number of carbonyl (C=O) groups excluding carboxylic acids is 1. The lowest BCUT2D eigenvalue weighted by Crippen LogP contribution is -2.40. The Kier molecular flexibility index (Phi) is 17.4. The van der Waals surface area contributed by atoms with E-state index in [4.69, 9.17) is 15.2 Å². The van der Waals surface area contributed by atoms with Gasteiger partial charge in [-0.2, -0.15) is 0 Å². The number of rotatable bonds is 19. The first-order chi connectivity index (χ1) is 14.7. The Labute approximate surface area is 186 Å². The molecule has 3 atom stereocenters. The van der Waals surface area contributed by atoms with Crippen molar-refractivity contribution in [1.82, 2.24) is 5.32 Å². The largest absolute Gasteiger partial charge is 0.353 e. The van der Waals surface area contributed by atoms with E-state index < -0.39 is 0 Å². The van der Waals surface area contributed by atoms with Gasteiger partial charge in [-0.1, -0.05) is 78.1 Å². The van der Waals surface area contributed by atoms with Crippen LogP contribution >= 0.6 is 0 Å². The molecule has 5 nitrogen and oxygen atoms in total. The van der Waals surface area contributed by atoms with Crippen LogP contribution in [0.4, 0.5) is 0 Å². The van der Waals surface area contributed by atoms with Crippen molar-refractivity contribution in [3.05, 3.63) is 0 Å². The quantitative estimate of drug-likeness (QED) is 0.260. The van der Waals surface area contributed by atoms with Gasteiger partial charge >= 0.3 is 0 Å². The molecule has 1 saturated heterocycles. The fourth-order valence-corrected chi connectivity index (χ4v) is 4.14. The molecule has 1 rings (SSSR count). The van der Waals surface area contributed by atoms with Crippen LogP contribution < -0.4 is 11.1 Å². The summed E-state index contributed by atoms with van der Waals surface area (Å²) in [5, 5.41) is 3.18. The van der Waals surface area contributed by atoms with Crippen LogP contribution in [0.3, 0.4) is 0 Å². The number of carbonyl (C=O) groups is 1. The van der Waals surface area contributed by atoms with Crippen molar-refractivity contribution in [2.24, 2.45) is 11.7 Å². The van der Waals surface area contributed by atoms with E-state index in [1.54, 1.807) is 0 Å². The molecule has 0 spiro atoms. The molecule has 1 fully saturated rings.